The highest BCUT2D eigenvalue weighted by molar-refractivity contribution is 7.88. The van der Waals surface area contributed by atoms with Gasteiger partial charge in [-0.1, -0.05) is 26.3 Å². The molecular weight excluding hydrogens is 1390 g/mol. The summed E-state index contributed by atoms with van der Waals surface area (Å²) >= 11 is 0. The molecule has 40 heteroatoms. The van der Waals surface area contributed by atoms with Gasteiger partial charge in [-0.05, 0) is 79.0 Å². The lowest BCUT2D eigenvalue weighted by Gasteiger charge is -2.45. The van der Waals surface area contributed by atoms with E-state index in [2.05, 4.69) is 47.6 Å². The molecule has 8 bridgehead atoms. The average molecular weight is 1470 g/mol. The lowest BCUT2D eigenvalue weighted by molar-refractivity contribution is -0.189. The summed E-state index contributed by atoms with van der Waals surface area (Å²) in [6, 6.07) is 0. The van der Waals surface area contributed by atoms with Crippen LogP contribution < -0.4 is 21.3 Å². The molecule has 12 fully saturated rings. The van der Waals surface area contributed by atoms with E-state index in [4.69, 9.17) is 73.6 Å². The van der Waals surface area contributed by atoms with Gasteiger partial charge < -0.3 is 78.1 Å². The van der Waals surface area contributed by atoms with Gasteiger partial charge in [-0.2, -0.15) is 33.7 Å². The second-order valence-electron chi connectivity index (χ2n) is 25.4. The molecule has 20 unspecified atom stereocenters. The molecule has 12 rings (SSSR count). The lowest BCUT2D eigenvalue weighted by Crippen LogP contribution is -2.64. The highest BCUT2D eigenvalue weighted by atomic mass is 32.2. The number of rotatable bonds is 28. The Hall–Kier alpha value is -5.96. The summed E-state index contributed by atoms with van der Waals surface area (Å²) in [5, 5.41) is 7.25. The van der Waals surface area contributed by atoms with Crippen LogP contribution in [0.3, 0.4) is 0 Å². The largest absolute Gasteiger partial charge is 0.462 e. The second kappa shape index (κ2) is 29.2. The minimum absolute atomic E-state index is 0.000462. The fraction of sp³-hybridized carbons (Fsp3) is 0.724. The van der Waals surface area contributed by atoms with Crippen molar-refractivity contribution in [1.29, 1.82) is 0 Å². The molecule has 0 aromatic heterocycles. The molecule has 0 aromatic rings. The van der Waals surface area contributed by atoms with Gasteiger partial charge in [-0.3, -0.25) is 35.9 Å². The van der Waals surface area contributed by atoms with Crippen molar-refractivity contribution in [3.8, 4) is 0 Å². The zero-order chi connectivity index (χ0) is 71.9. The number of nitrogens with one attached hydrogen (secondary N) is 4. The lowest BCUT2D eigenvalue weighted by atomic mass is 9.67. The number of hydrogen-bond acceptors (Lipinski definition) is 32. The smallest absolute Gasteiger partial charge is 0.332 e. The number of carbonyl (C=O) groups excluding carboxylic acids is 8. The van der Waals surface area contributed by atoms with Crippen LogP contribution in [-0.2, 0) is 152 Å². The van der Waals surface area contributed by atoms with Gasteiger partial charge in [0, 0.05) is 12.0 Å². The number of amides is 4. The number of ether oxygens (including phenoxy) is 12. The number of fused-ring (bicyclic) bond motifs is 4. The molecule has 0 aromatic carbocycles. The normalized spacial score (nSPS) is 38.3. The summed E-state index contributed by atoms with van der Waals surface area (Å²) < 4.78 is 181. The third-order valence-electron chi connectivity index (χ3n) is 19.2. The van der Waals surface area contributed by atoms with Gasteiger partial charge in [0.25, 0.3) is 40.5 Å². The van der Waals surface area contributed by atoms with Crippen molar-refractivity contribution in [2.45, 2.75) is 183 Å². The summed E-state index contributed by atoms with van der Waals surface area (Å²) in [5.74, 6) is -3.87. The van der Waals surface area contributed by atoms with Crippen LogP contribution in [0.2, 0.25) is 0 Å². The van der Waals surface area contributed by atoms with Crippen LogP contribution in [0.5, 0.6) is 0 Å². The molecule has 0 spiro atoms. The molecule has 4 N–H and O–H groups in total. The van der Waals surface area contributed by atoms with Crippen LogP contribution in [0.4, 0.5) is 0 Å². The molecule has 548 valence electrons. The molecule has 12 aliphatic rings. The summed E-state index contributed by atoms with van der Waals surface area (Å²) in [6.45, 7) is 22.6. The van der Waals surface area contributed by atoms with Crippen LogP contribution in [0.1, 0.15) is 67.2 Å². The topological polar surface area (TPSA) is 469 Å². The molecule has 12 saturated heterocycles. The molecule has 12 heterocycles. The van der Waals surface area contributed by atoms with E-state index in [9.17, 15) is 72.0 Å². The van der Waals surface area contributed by atoms with E-state index in [0.29, 0.717) is 24.8 Å². The van der Waals surface area contributed by atoms with Crippen molar-refractivity contribution in [3.05, 3.63) is 50.1 Å². The molecular formula is C58H80N4O32S4. The minimum atomic E-state index is -3.74. The summed E-state index contributed by atoms with van der Waals surface area (Å²) in [5.41, 5.74) is -4.80. The second-order valence-corrected chi connectivity index (χ2v) is 32.4. The van der Waals surface area contributed by atoms with Gasteiger partial charge in [-0.15, -0.1) is 0 Å². The Balaban J connectivity index is 0.000000153. The summed E-state index contributed by atoms with van der Waals surface area (Å²) in [6.07, 6.45) is -1.84. The van der Waals surface area contributed by atoms with Crippen LogP contribution in [0.25, 0.3) is 0 Å². The van der Waals surface area contributed by atoms with Crippen LogP contribution in [0.15, 0.2) is 50.1 Å². The summed E-state index contributed by atoms with van der Waals surface area (Å²) in [7, 11) is -14.6. The first-order chi connectivity index (χ1) is 45.8. The highest BCUT2D eigenvalue weighted by Gasteiger charge is 2.83. The van der Waals surface area contributed by atoms with Crippen molar-refractivity contribution in [2.24, 2.45) is 0 Å². The zero-order valence-electron chi connectivity index (χ0n) is 54.2. The first-order valence-corrected chi connectivity index (χ1v) is 36.9. The third kappa shape index (κ3) is 15.0. The van der Waals surface area contributed by atoms with Crippen molar-refractivity contribution >= 4 is 88.0 Å². The Morgan fingerprint density at radius 1 is 0.510 bits per heavy atom. The molecule has 98 heavy (non-hydrogen) atoms. The maximum Gasteiger partial charge on any atom is 0.332 e. The van der Waals surface area contributed by atoms with Crippen molar-refractivity contribution < 1.29 is 146 Å². The predicted octanol–water partition coefficient (Wildman–Crippen LogP) is -3.72. The van der Waals surface area contributed by atoms with Gasteiger partial charge in [-0.25, -0.2) is 19.2 Å². The first-order valence-electron chi connectivity index (χ1n) is 31.0. The SMILES string of the molecule is C=C(C)C(=O)NCCOC(=O)COC1C2CC3C(O2)C1OS3(=O)=O.C=CC(=O)NCCOC(=O)COC1(C)C2(C)CC3C(O2)C1(C)OS3(=O)=O.C=CC(=O)NCCOC(=O)COC1(C)C2CC3C(O2)C1OS3(=O)=O.C=CC(=O)NCCOC(=O)COC1C2CC3C(C)(O2)C1OS3(=O)=O. The maximum atomic E-state index is 12.2. The van der Waals surface area contributed by atoms with Crippen LogP contribution in [-0.4, -0.2) is 276 Å². The Bertz CT molecular complexity index is 3670. The van der Waals surface area contributed by atoms with Crippen molar-refractivity contribution in [2.75, 3.05) is 79.0 Å². The molecule has 0 saturated carbocycles. The Morgan fingerprint density at radius 3 is 1.54 bits per heavy atom. The van der Waals surface area contributed by atoms with E-state index in [1.54, 1.807) is 41.5 Å². The van der Waals surface area contributed by atoms with Crippen molar-refractivity contribution in [1.82, 2.24) is 21.3 Å². The summed E-state index contributed by atoms with van der Waals surface area (Å²) in [4.78, 5) is 91.0. The first kappa shape index (κ1) is 76.2. The molecule has 36 nitrogen and oxygen atoms in total. The van der Waals surface area contributed by atoms with E-state index in [-0.39, 0.29) is 115 Å². The van der Waals surface area contributed by atoms with Gasteiger partial charge >= 0.3 is 23.9 Å². The zero-order valence-corrected chi connectivity index (χ0v) is 57.5. The fourth-order valence-corrected chi connectivity index (χ4v) is 21.2. The minimum Gasteiger partial charge on any atom is -0.462 e. The van der Waals surface area contributed by atoms with E-state index in [1.165, 1.54) is 0 Å². The van der Waals surface area contributed by atoms with Gasteiger partial charge in [0.1, 0.15) is 145 Å². The quantitative estimate of drug-likeness (QED) is 0.0192. The molecule has 4 amide bonds. The fourth-order valence-electron chi connectivity index (χ4n) is 14.0. The third-order valence-corrected chi connectivity index (χ3v) is 26.1. The van der Waals surface area contributed by atoms with Gasteiger partial charge in [0.2, 0.25) is 23.6 Å². The van der Waals surface area contributed by atoms with E-state index in [0.717, 1.165) is 18.2 Å². The van der Waals surface area contributed by atoms with E-state index < -0.39 is 174 Å². The molecule has 20 atom stereocenters. The van der Waals surface area contributed by atoms with E-state index >= 15 is 0 Å². The standard InChI is InChI=1S/C16H23NO8S.3C14H19NO8S/c1-5-11(18)17-6-7-22-12(19)9-23-16(4)14(2)8-10-13(24-14)15(16,3)25-26(10,20)21;1-7(2)14(17)15-3-4-20-10(16)6-21-11-8-5-9-12(22-8)13(11)23-24(9,18)19;1-3-10(16)15-4-5-20-11(17)7-21-14(2)9-6-8-12(22-9)13(14)23-24(8,18)19;1-3-10(16)15-4-5-20-11(17)7-21-12-8-6-9-14(2,22-8)13(12)23-24(9,18)19/h5,10,13H,1,6-9H2,2-4H3,(H,17,18);8-9,11-13H,1,3-6H2,2H3,(H,15,17);2*3,8-9,12-13H,1,4-7H2,2H3,(H,15,16). The van der Waals surface area contributed by atoms with E-state index in [1.807, 2.05) is 0 Å². The average Bonchev–Trinajstić information content (AvgIpc) is 1.49. The number of esters is 4. The molecule has 0 aliphatic carbocycles. The number of hydrogen-bond donors (Lipinski definition) is 4. The van der Waals surface area contributed by atoms with Gasteiger partial charge in [0.05, 0.1) is 50.1 Å². The number of carbonyl (C=O) groups is 8. The Kier molecular flexibility index (Phi) is 22.7. The van der Waals surface area contributed by atoms with Crippen molar-refractivity contribution in [3.63, 3.8) is 0 Å². The van der Waals surface area contributed by atoms with Gasteiger partial charge in [0.15, 0.2) is 0 Å². The molecule has 12 aliphatic heterocycles. The predicted molar refractivity (Wildman–Crippen MR) is 327 cm³/mol. The molecule has 0 radical (unpaired) electrons. The maximum absolute atomic E-state index is 12.2. The highest BCUT2D eigenvalue weighted by Crippen LogP contribution is 2.64. The Labute approximate surface area is 564 Å². The van der Waals surface area contributed by atoms with Crippen LogP contribution in [0, 0.1) is 0 Å². The monoisotopic (exact) mass is 1470 g/mol. The van der Waals surface area contributed by atoms with Crippen LogP contribution >= 0.6 is 0 Å². The Morgan fingerprint density at radius 2 is 1.00 bits per heavy atom.